The van der Waals surface area contributed by atoms with Gasteiger partial charge in [-0.05, 0) is 92.3 Å². The fourth-order valence-electron chi connectivity index (χ4n) is 3.00. The lowest BCUT2D eigenvalue weighted by Crippen LogP contribution is -2.34. The Morgan fingerprint density at radius 3 is 2.23 bits per heavy atom. The molecule has 3 aromatic carbocycles. The van der Waals surface area contributed by atoms with Gasteiger partial charge < -0.3 is 14.8 Å². The first-order valence-corrected chi connectivity index (χ1v) is 12.9. The van der Waals surface area contributed by atoms with Crippen molar-refractivity contribution in [3.05, 3.63) is 78.4 Å². The van der Waals surface area contributed by atoms with E-state index in [1.165, 1.54) is 12.1 Å². The maximum atomic E-state index is 12.7. The Bertz CT molecular complexity index is 1260. The van der Waals surface area contributed by atoms with Gasteiger partial charge in [0, 0.05) is 16.9 Å². The lowest BCUT2D eigenvalue weighted by Gasteiger charge is -2.12. The van der Waals surface area contributed by atoms with Crippen LogP contribution in [0.25, 0.3) is 0 Å². The number of nitrogens with one attached hydrogen (secondary N) is 3. The highest BCUT2D eigenvalue weighted by molar-refractivity contribution is 7.92. The smallest absolute Gasteiger partial charge is 0.261 e. The summed E-state index contributed by atoms with van der Waals surface area (Å²) in [6.07, 6.45) is 0.863. The summed E-state index contributed by atoms with van der Waals surface area (Å²) in [5.74, 6) is 0.878. The first-order valence-electron chi connectivity index (χ1n) is 11.0. The molecule has 1 amide bonds. The molecule has 3 aromatic rings. The van der Waals surface area contributed by atoms with Crippen LogP contribution in [-0.2, 0) is 10.0 Å². The molecule has 3 N–H and O–H groups in total. The van der Waals surface area contributed by atoms with Crippen LogP contribution in [0.1, 0.15) is 30.6 Å². The van der Waals surface area contributed by atoms with Gasteiger partial charge in [-0.15, -0.1) is 0 Å². The normalized spacial score (nSPS) is 10.8. The summed E-state index contributed by atoms with van der Waals surface area (Å²) in [5, 5.41) is 5.56. The van der Waals surface area contributed by atoms with E-state index in [-0.39, 0.29) is 15.9 Å². The summed E-state index contributed by atoms with van der Waals surface area (Å²) in [7, 11) is -3.78. The Morgan fingerprint density at radius 1 is 0.886 bits per heavy atom. The first kappa shape index (κ1) is 26.0. The molecule has 10 heteroatoms. The Labute approximate surface area is 210 Å². The third-order valence-electron chi connectivity index (χ3n) is 4.64. The molecule has 3 rings (SSSR count). The molecule has 0 heterocycles. The Hall–Kier alpha value is -3.63. The molecule has 0 aromatic heterocycles. The molecule has 0 atom stereocenters. The Balaban J connectivity index is 1.58. The van der Waals surface area contributed by atoms with Crippen LogP contribution in [0.2, 0.25) is 0 Å². The topological polar surface area (TPSA) is 106 Å². The molecular formula is C25H27N3O5S2. The van der Waals surface area contributed by atoms with Crippen molar-refractivity contribution >= 4 is 44.6 Å². The second-order valence-corrected chi connectivity index (χ2v) is 9.46. The predicted octanol–water partition coefficient (Wildman–Crippen LogP) is 4.80. The Kier molecular flexibility index (Phi) is 9.04. The van der Waals surface area contributed by atoms with Crippen molar-refractivity contribution in [3.63, 3.8) is 0 Å². The van der Waals surface area contributed by atoms with Crippen molar-refractivity contribution < 1.29 is 22.7 Å². The molecular weight excluding hydrogens is 486 g/mol. The van der Waals surface area contributed by atoms with E-state index in [0.717, 1.165) is 6.42 Å². The van der Waals surface area contributed by atoms with E-state index in [2.05, 4.69) is 15.4 Å². The van der Waals surface area contributed by atoms with E-state index in [1.807, 2.05) is 13.8 Å². The van der Waals surface area contributed by atoms with Gasteiger partial charge in [-0.2, -0.15) is 0 Å². The lowest BCUT2D eigenvalue weighted by atomic mass is 10.2. The second-order valence-electron chi connectivity index (χ2n) is 7.37. The van der Waals surface area contributed by atoms with Gasteiger partial charge in [0.25, 0.3) is 15.9 Å². The van der Waals surface area contributed by atoms with Crippen LogP contribution in [0.5, 0.6) is 11.5 Å². The first-order chi connectivity index (χ1) is 16.8. The van der Waals surface area contributed by atoms with Crippen LogP contribution in [0, 0.1) is 0 Å². The number of thiocarbonyl (C=S) groups is 1. The van der Waals surface area contributed by atoms with E-state index in [4.69, 9.17) is 21.7 Å². The number of rotatable bonds is 10. The van der Waals surface area contributed by atoms with E-state index in [9.17, 15) is 13.2 Å². The highest BCUT2D eigenvalue weighted by Gasteiger charge is 2.15. The highest BCUT2D eigenvalue weighted by Crippen LogP contribution is 2.21. The highest BCUT2D eigenvalue weighted by atomic mass is 32.2. The Morgan fingerprint density at radius 2 is 1.57 bits per heavy atom. The van der Waals surface area contributed by atoms with Gasteiger partial charge >= 0.3 is 0 Å². The summed E-state index contributed by atoms with van der Waals surface area (Å²) >= 11 is 5.22. The zero-order valence-corrected chi connectivity index (χ0v) is 21.0. The van der Waals surface area contributed by atoms with Crippen molar-refractivity contribution in [1.29, 1.82) is 0 Å². The van der Waals surface area contributed by atoms with E-state index in [1.54, 1.807) is 60.7 Å². The standard InChI is InChI=1S/C25H27N3O5S2/c1-3-16-33-22-7-5-6-18(17-22)24(29)27-25(34)26-19-10-14-23(15-11-19)35(30,31)28-20-8-12-21(13-9-20)32-4-2/h5-15,17,28H,3-4,16H2,1-2H3,(H2,26,27,29,34). The second kappa shape index (κ2) is 12.2. The molecule has 0 spiro atoms. The average molecular weight is 514 g/mol. The zero-order valence-electron chi connectivity index (χ0n) is 19.4. The van der Waals surface area contributed by atoms with Gasteiger partial charge in [-0.1, -0.05) is 13.0 Å². The number of hydrogen-bond donors (Lipinski definition) is 3. The quantitative estimate of drug-likeness (QED) is 0.334. The molecule has 0 unspecified atom stereocenters. The van der Waals surface area contributed by atoms with Gasteiger partial charge in [0.1, 0.15) is 11.5 Å². The summed E-state index contributed by atoms with van der Waals surface area (Å²) in [6, 6.07) is 19.5. The van der Waals surface area contributed by atoms with Crippen molar-refractivity contribution in [2.24, 2.45) is 0 Å². The number of benzene rings is 3. The predicted molar refractivity (Wildman–Crippen MR) is 141 cm³/mol. The number of sulfonamides is 1. The number of anilines is 2. The van der Waals surface area contributed by atoms with Gasteiger partial charge in [-0.25, -0.2) is 8.42 Å². The molecule has 0 saturated carbocycles. The molecule has 0 aliphatic heterocycles. The van der Waals surface area contributed by atoms with Crippen LogP contribution in [0.4, 0.5) is 11.4 Å². The summed E-state index contributed by atoms with van der Waals surface area (Å²) < 4.78 is 38.8. The number of amides is 1. The number of carbonyl (C=O) groups is 1. The maximum absolute atomic E-state index is 12.7. The van der Waals surface area contributed by atoms with Crippen molar-refractivity contribution in [2.45, 2.75) is 25.2 Å². The van der Waals surface area contributed by atoms with Crippen molar-refractivity contribution in [2.75, 3.05) is 23.3 Å². The molecule has 35 heavy (non-hydrogen) atoms. The fourth-order valence-corrected chi connectivity index (χ4v) is 4.27. The number of ether oxygens (including phenoxy) is 2. The maximum Gasteiger partial charge on any atom is 0.261 e. The minimum atomic E-state index is -3.78. The summed E-state index contributed by atoms with van der Waals surface area (Å²) in [4.78, 5) is 12.6. The number of hydrogen-bond acceptors (Lipinski definition) is 6. The van der Waals surface area contributed by atoms with E-state index in [0.29, 0.717) is 41.7 Å². The molecule has 0 aliphatic carbocycles. The summed E-state index contributed by atoms with van der Waals surface area (Å²) in [6.45, 7) is 4.96. The molecule has 0 radical (unpaired) electrons. The summed E-state index contributed by atoms with van der Waals surface area (Å²) in [5.41, 5.74) is 1.35. The van der Waals surface area contributed by atoms with E-state index < -0.39 is 10.0 Å². The molecule has 0 bridgehead atoms. The van der Waals surface area contributed by atoms with Crippen molar-refractivity contribution in [1.82, 2.24) is 5.32 Å². The zero-order chi connectivity index (χ0) is 25.3. The molecule has 184 valence electrons. The molecule has 0 fully saturated rings. The third-order valence-corrected chi connectivity index (χ3v) is 6.24. The van der Waals surface area contributed by atoms with Gasteiger partial charge in [0.2, 0.25) is 0 Å². The van der Waals surface area contributed by atoms with E-state index >= 15 is 0 Å². The molecule has 8 nitrogen and oxygen atoms in total. The van der Waals surface area contributed by atoms with Crippen molar-refractivity contribution in [3.8, 4) is 11.5 Å². The largest absolute Gasteiger partial charge is 0.494 e. The van der Waals surface area contributed by atoms with Crippen LogP contribution in [-0.4, -0.2) is 32.7 Å². The molecule has 0 aliphatic rings. The van der Waals surface area contributed by atoms with Crippen LogP contribution < -0.4 is 24.8 Å². The monoisotopic (exact) mass is 513 g/mol. The minimum Gasteiger partial charge on any atom is -0.494 e. The fraction of sp³-hybridized carbons (Fsp3) is 0.200. The lowest BCUT2D eigenvalue weighted by molar-refractivity contribution is 0.0977. The van der Waals surface area contributed by atoms with Gasteiger partial charge in [0.15, 0.2) is 5.11 Å². The minimum absolute atomic E-state index is 0.0794. The molecule has 0 saturated heterocycles. The van der Waals surface area contributed by atoms with Gasteiger partial charge in [0.05, 0.1) is 18.1 Å². The van der Waals surface area contributed by atoms with Crippen LogP contribution in [0.3, 0.4) is 0 Å². The average Bonchev–Trinajstić information content (AvgIpc) is 2.84. The van der Waals surface area contributed by atoms with Crippen LogP contribution in [0.15, 0.2) is 77.7 Å². The van der Waals surface area contributed by atoms with Gasteiger partial charge in [-0.3, -0.25) is 14.8 Å². The number of carbonyl (C=O) groups excluding carboxylic acids is 1. The van der Waals surface area contributed by atoms with Crippen LogP contribution >= 0.6 is 12.2 Å². The third kappa shape index (κ3) is 7.69. The SMILES string of the molecule is CCCOc1cccc(C(=O)NC(=S)Nc2ccc(S(=O)(=O)Nc3ccc(OCC)cc3)cc2)c1.